The molecule has 0 aromatic carbocycles. The van der Waals surface area contributed by atoms with Crippen molar-refractivity contribution in [2.75, 3.05) is 6.54 Å². The number of halogens is 1. The van der Waals surface area contributed by atoms with Crippen molar-refractivity contribution in [3.8, 4) is 0 Å². The lowest BCUT2D eigenvalue weighted by Gasteiger charge is -2.35. The Hall–Kier alpha value is -1.16. The maximum atomic E-state index is 11.5. The zero-order chi connectivity index (χ0) is 13.0. The molecule has 5 heteroatoms. The van der Waals surface area contributed by atoms with Gasteiger partial charge in [-0.2, -0.15) is 5.10 Å². The van der Waals surface area contributed by atoms with Gasteiger partial charge in [-0.1, -0.05) is 11.6 Å². The van der Waals surface area contributed by atoms with Crippen LogP contribution >= 0.6 is 11.6 Å². The van der Waals surface area contributed by atoms with E-state index in [1.807, 2.05) is 11.0 Å². The molecule has 0 saturated carbocycles. The fourth-order valence-electron chi connectivity index (χ4n) is 2.51. The van der Waals surface area contributed by atoms with E-state index >= 15 is 0 Å². The van der Waals surface area contributed by atoms with Crippen LogP contribution in [0.1, 0.15) is 38.3 Å². The third-order valence-corrected chi connectivity index (χ3v) is 3.65. The molecule has 1 aromatic heterocycles. The Labute approximate surface area is 112 Å². The highest BCUT2D eigenvalue weighted by Crippen LogP contribution is 2.21. The summed E-state index contributed by atoms with van der Waals surface area (Å²) in [6.07, 6.45) is 5.23. The predicted molar refractivity (Wildman–Crippen MR) is 70.4 cm³/mol. The van der Waals surface area contributed by atoms with Gasteiger partial charge in [0.1, 0.15) is 0 Å². The topological polar surface area (TPSA) is 46.1 Å². The van der Waals surface area contributed by atoms with E-state index in [1.165, 1.54) is 6.42 Å². The van der Waals surface area contributed by atoms with E-state index in [-0.39, 0.29) is 5.91 Å². The normalized spacial score (nSPS) is 19.9. The van der Waals surface area contributed by atoms with E-state index in [0.29, 0.717) is 11.2 Å². The van der Waals surface area contributed by atoms with Gasteiger partial charge < -0.3 is 4.90 Å². The van der Waals surface area contributed by atoms with E-state index < -0.39 is 0 Å². The van der Waals surface area contributed by atoms with Crippen LogP contribution in [-0.4, -0.2) is 33.6 Å². The van der Waals surface area contributed by atoms with Crippen LogP contribution < -0.4 is 0 Å². The fourth-order valence-corrected chi connectivity index (χ4v) is 2.61. The Morgan fingerprint density at radius 1 is 1.44 bits per heavy atom. The van der Waals surface area contributed by atoms with Gasteiger partial charge in [0.25, 0.3) is 0 Å². The van der Waals surface area contributed by atoms with Gasteiger partial charge in [0.2, 0.25) is 5.91 Å². The van der Waals surface area contributed by atoms with E-state index in [9.17, 15) is 4.79 Å². The molecule has 1 aliphatic heterocycles. The predicted octanol–water partition coefficient (Wildman–Crippen LogP) is 2.46. The summed E-state index contributed by atoms with van der Waals surface area (Å²) in [4.78, 5) is 13.5. The summed E-state index contributed by atoms with van der Waals surface area (Å²) in [6.45, 7) is 2.55. The molecule has 1 atom stereocenters. The van der Waals surface area contributed by atoms with Gasteiger partial charge in [-0.25, -0.2) is 0 Å². The smallest absolute Gasteiger partial charge is 0.219 e. The minimum absolute atomic E-state index is 0.182. The Kier molecular flexibility index (Phi) is 4.53. The number of piperidine rings is 1. The molecule has 0 aliphatic carbocycles. The molecule has 0 N–H and O–H groups in total. The number of amides is 1. The molecule has 0 radical (unpaired) electrons. The lowest BCUT2D eigenvalue weighted by Crippen LogP contribution is -2.42. The summed E-state index contributed by atoms with van der Waals surface area (Å²) in [5.41, 5.74) is 0.938. The van der Waals surface area contributed by atoms with Crippen molar-refractivity contribution in [1.29, 1.82) is 0 Å². The molecule has 2 heterocycles. The number of nitrogens with zero attached hydrogens (tertiary/aromatic N) is 3. The number of aromatic nitrogens is 2. The van der Waals surface area contributed by atoms with Gasteiger partial charge in [0.05, 0.1) is 5.69 Å². The average molecular weight is 268 g/mol. The molecule has 1 amide bonds. The average Bonchev–Trinajstić information content (AvgIpc) is 2.38. The lowest BCUT2D eigenvalue weighted by molar-refractivity contribution is -0.132. The van der Waals surface area contributed by atoms with Crippen molar-refractivity contribution in [1.82, 2.24) is 15.1 Å². The third-order valence-electron chi connectivity index (χ3n) is 3.45. The molecule has 0 bridgehead atoms. The fraction of sp³-hybridized carbons (Fsp3) is 0.615. The summed E-state index contributed by atoms with van der Waals surface area (Å²) < 4.78 is 0. The van der Waals surface area contributed by atoms with Crippen LogP contribution in [0.5, 0.6) is 0 Å². The molecule has 1 aromatic rings. The van der Waals surface area contributed by atoms with Crippen molar-refractivity contribution < 1.29 is 4.79 Å². The van der Waals surface area contributed by atoms with Crippen LogP contribution in [0.15, 0.2) is 12.1 Å². The molecule has 1 saturated heterocycles. The van der Waals surface area contributed by atoms with Crippen LogP contribution in [0.3, 0.4) is 0 Å². The molecule has 1 fully saturated rings. The quantitative estimate of drug-likeness (QED) is 0.845. The standard InChI is InChI=1S/C13H18ClN3O/c1-10(18)17-9-3-2-4-12(17)7-5-11-6-8-13(14)16-15-11/h6,8,12H,2-5,7,9H2,1H3. The second-order valence-electron chi connectivity index (χ2n) is 4.75. The Bertz CT molecular complexity index is 407. The molecular weight excluding hydrogens is 250 g/mol. The Morgan fingerprint density at radius 3 is 2.94 bits per heavy atom. The minimum Gasteiger partial charge on any atom is -0.340 e. The monoisotopic (exact) mass is 267 g/mol. The van der Waals surface area contributed by atoms with Crippen molar-refractivity contribution in [2.45, 2.75) is 45.1 Å². The van der Waals surface area contributed by atoms with Crippen LogP contribution in [0.2, 0.25) is 5.15 Å². The second-order valence-corrected chi connectivity index (χ2v) is 5.14. The van der Waals surface area contributed by atoms with Gasteiger partial charge in [0, 0.05) is 19.5 Å². The van der Waals surface area contributed by atoms with Gasteiger partial charge in [-0.3, -0.25) is 4.79 Å². The van der Waals surface area contributed by atoms with E-state index in [1.54, 1.807) is 13.0 Å². The summed E-state index contributed by atoms with van der Waals surface area (Å²) in [7, 11) is 0. The molecule has 1 unspecified atom stereocenters. The van der Waals surface area contributed by atoms with Gasteiger partial charge >= 0.3 is 0 Å². The summed E-state index contributed by atoms with van der Waals surface area (Å²) >= 11 is 5.70. The van der Waals surface area contributed by atoms with Crippen molar-refractivity contribution in [2.24, 2.45) is 0 Å². The number of hydrogen-bond donors (Lipinski definition) is 0. The van der Waals surface area contributed by atoms with E-state index in [2.05, 4.69) is 10.2 Å². The summed E-state index contributed by atoms with van der Waals surface area (Å²) in [5.74, 6) is 0.182. The number of rotatable bonds is 3. The van der Waals surface area contributed by atoms with Gasteiger partial charge in [0.15, 0.2) is 5.15 Å². The lowest BCUT2D eigenvalue weighted by atomic mass is 9.97. The van der Waals surface area contributed by atoms with Crippen molar-refractivity contribution in [3.05, 3.63) is 23.0 Å². The Balaban J connectivity index is 1.91. The first kappa shape index (κ1) is 13.3. The number of likely N-dealkylation sites (tertiary alicyclic amines) is 1. The summed E-state index contributed by atoms with van der Waals surface area (Å²) in [6, 6.07) is 4.01. The highest BCUT2D eigenvalue weighted by Gasteiger charge is 2.23. The second kappa shape index (κ2) is 6.14. The third kappa shape index (κ3) is 3.42. The maximum Gasteiger partial charge on any atom is 0.219 e. The maximum absolute atomic E-state index is 11.5. The van der Waals surface area contributed by atoms with Crippen molar-refractivity contribution >= 4 is 17.5 Å². The summed E-state index contributed by atoms with van der Waals surface area (Å²) in [5, 5.41) is 8.30. The Morgan fingerprint density at radius 2 is 2.28 bits per heavy atom. The van der Waals surface area contributed by atoms with Crippen LogP contribution in [0.4, 0.5) is 0 Å². The van der Waals surface area contributed by atoms with Crippen LogP contribution in [-0.2, 0) is 11.2 Å². The first-order valence-corrected chi connectivity index (χ1v) is 6.80. The highest BCUT2D eigenvalue weighted by molar-refractivity contribution is 6.29. The molecule has 98 valence electrons. The van der Waals surface area contributed by atoms with E-state index in [4.69, 9.17) is 11.6 Å². The SMILES string of the molecule is CC(=O)N1CCCCC1CCc1ccc(Cl)nn1. The number of carbonyl (C=O) groups is 1. The first-order valence-electron chi connectivity index (χ1n) is 6.42. The molecular formula is C13H18ClN3O. The zero-order valence-corrected chi connectivity index (χ0v) is 11.4. The van der Waals surface area contributed by atoms with Crippen LogP contribution in [0.25, 0.3) is 0 Å². The number of carbonyl (C=O) groups excluding carboxylic acids is 1. The minimum atomic E-state index is 0.182. The molecule has 4 nitrogen and oxygen atoms in total. The van der Waals surface area contributed by atoms with E-state index in [0.717, 1.165) is 37.9 Å². The van der Waals surface area contributed by atoms with Gasteiger partial charge in [-0.05, 0) is 44.2 Å². The first-order chi connectivity index (χ1) is 8.66. The van der Waals surface area contributed by atoms with Crippen molar-refractivity contribution in [3.63, 3.8) is 0 Å². The number of hydrogen-bond acceptors (Lipinski definition) is 3. The molecule has 0 spiro atoms. The number of aryl methyl sites for hydroxylation is 1. The molecule has 2 rings (SSSR count). The molecule has 18 heavy (non-hydrogen) atoms. The van der Waals surface area contributed by atoms with Gasteiger partial charge in [-0.15, -0.1) is 5.10 Å². The molecule has 1 aliphatic rings. The zero-order valence-electron chi connectivity index (χ0n) is 10.6. The highest BCUT2D eigenvalue weighted by atomic mass is 35.5. The van der Waals surface area contributed by atoms with Crippen LogP contribution in [0, 0.1) is 0 Å². The largest absolute Gasteiger partial charge is 0.340 e.